The van der Waals surface area contributed by atoms with Crippen LogP contribution in [-0.2, 0) is 13.2 Å². The molecule has 1 aromatic carbocycles. The Morgan fingerprint density at radius 2 is 2.20 bits per heavy atom. The molecule has 0 unspecified atom stereocenters. The molecule has 0 atom stereocenters. The minimum Gasteiger partial charge on any atom is -0.485 e. The number of carbonyl (C=O) groups is 1. The molecule has 0 radical (unpaired) electrons. The molecule has 0 saturated carbocycles. The fourth-order valence-electron chi connectivity index (χ4n) is 2.93. The van der Waals surface area contributed by atoms with Crippen LogP contribution in [0.25, 0.3) is 5.69 Å². The Balaban J connectivity index is 1.59. The summed E-state index contributed by atoms with van der Waals surface area (Å²) in [5.74, 6) is 1.21. The van der Waals surface area contributed by atoms with Crippen LogP contribution in [0.4, 0.5) is 5.82 Å². The number of imidazole rings is 1. The number of aryl methyl sites for hydroxylation is 1. The summed E-state index contributed by atoms with van der Waals surface area (Å²) >= 11 is 0. The predicted octanol–water partition coefficient (Wildman–Crippen LogP) is 3.01. The van der Waals surface area contributed by atoms with E-state index in [0.29, 0.717) is 18.1 Å². The van der Waals surface area contributed by atoms with Crippen molar-refractivity contribution in [3.63, 3.8) is 0 Å². The lowest BCUT2D eigenvalue weighted by Crippen LogP contribution is -2.20. The third-order valence-electron chi connectivity index (χ3n) is 4.25. The highest BCUT2D eigenvalue weighted by atomic mass is 16.5. The van der Waals surface area contributed by atoms with Gasteiger partial charge in [0.1, 0.15) is 24.5 Å². The van der Waals surface area contributed by atoms with Crippen LogP contribution in [0.2, 0.25) is 0 Å². The molecule has 1 aliphatic rings. The van der Waals surface area contributed by atoms with Crippen molar-refractivity contribution in [3.8, 4) is 11.4 Å². The van der Waals surface area contributed by atoms with Gasteiger partial charge in [0, 0.05) is 12.6 Å². The smallest absolute Gasteiger partial charge is 0.277 e. The molecule has 1 N–H and O–H groups in total. The number of benzene rings is 1. The topological polar surface area (TPSA) is 74.0 Å². The maximum Gasteiger partial charge on any atom is 0.277 e. The molecular formula is C18H19N5O2. The zero-order valence-electron chi connectivity index (χ0n) is 14.0. The number of amides is 1. The molecule has 0 spiro atoms. The first-order valence-corrected chi connectivity index (χ1v) is 8.39. The standard InChI is InChI=1S/C18H19N5O2/c1-2-3-10-23-16(8-9-20-23)21-18(24)17-14-11-25-15-7-5-4-6-13(15)22(14)12-19-17/h4-9,12H,2-3,10-11H2,1H3,(H,21,24). The molecule has 4 rings (SSSR count). The summed E-state index contributed by atoms with van der Waals surface area (Å²) in [7, 11) is 0. The van der Waals surface area contributed by atoms with Gasteiger partial charge < -0.3 is 10.1 Å². The van der Waals surface area contributed by atoms with Crippen molar-refractivity contribution in [2.45, 2.75) is 32.9 Å². The number of unbranched alkanes of at least 4 members (excludes halogenated alkanes) is 1. The zero-order chi connectivity index (χ0) is 17.2. The Morgan fingerprint density at radius 3 is 3.08 bits per heavy atom. The van der Waals surface area contributed by atoms with Gasteiger partial charge in [-0.25, -0.2) is 9.67 Å². The molecule has 7 nitrogen and oxygen atoms in total. The number of rotatable bonds is 5. The molecular weight excluding hydrogens is 318 g/mol. The largest absolute Gasteiger partial charge is 0.485 e. The second-order valence-electron chi connectivity index (χ2n) is 5.91. The monoisotopic (exact) mass is 337 g/mol. The van der Waals surface area contributed by atoms with Gasteiger partial charge in [-0.1, -0.05) is 25.5 Å². The number of hydrogen-bond donors (Lipinski definition) is 1. The summed E-state index contributed by atoms with van der Waals surface area (Å²) in [4.78, 5) is 17.0. The summed E-state index contributed by atoms with van der Waals surface area (Å²) in [6, 6.07) is 9.50. The van der Waals surface area contributed by atoms with Crippen molar-refractivity contribution in [1.82, 2.24) is 19.3 Å². The number of aromatic nitrogens is 4. The fourth-order valence-corrected chi connectivity index (χ4v) is 2.93. The highest BCUT2D eigenvalue weighted by Gasteiger charge is 2.24. The summed E-state index contributed by atoms with van der Waals surface area (Å²) in [6.07, 6.45) is 5.43. The SMILES string of the molecule is CCCCn1nccc1NC(=O)c1ncn2c1COc1ccccc1-2. The summed E-state index contributed by atoms with van der Waals surface area (Å²) in [5, 5.41) is 7.16. The lowest BCUT2D eigenvalue weighted by Gasteiger charge is -2.20. The molecule has 7 heteroatoms. The van der Waals surface area contributed by atoms with E-state index in [0.717, 1.165) is 36.5 Å². The minimum atomic E-state index is -0.255. The van der Waals surface area contributed by atoms with Gasteiger partial charge in [-0.15, -0.1) is 0 Å². The van der Waals surface area contributed by atoms with E-state index >= 15 is 0 Å². The van der Waals surface area contributed by atoms with E-state index in [-0.39, 0.29) is 5.91 Å². The van der Waals surface area contributed by atoms with Gasteiger partial charge in [-0.05, 0) is 18.6 Å². The second kappa shape index (κ2) is 6.43. The summed E-state index contributed by atoms with van der Waals surface area (Å²) < 4.78 is 9.46. The van der Waals surface area contributed by atoms with Gasteiger partial charge in [0.15, 0.2) is 5.69 Å². The van der Waals surface area contributed by atoms with Crippen molar-refractivity contribution in [3.05, 3.63) is 54.2 Å². The van der Waals surface area contributed by atoms with Crippen LogP contribution < -0.4 is 10.1 Å². The number of nitrogens with one attached hydrogen (secondary N) is 1. The summed E-state index contributed by atoms with van der Waals surface area (Å²) in [6.45, 7) is 3.21. The number of hydrogen-bond acceptors (Lipinski definition) is 4. The number of fused-ring (bicyclic) bond motifs is 3. The van der Waals surface area contributed by atoms with E-state index in [2.05, 4.69) is 22.3 Å². The van der Waals surface area contributed by atoms with E-state index in [4.69, 9.17) is 4.74 Å². The van der Waals surface area contributed by atoms with E-state index in [1.165, 1.54) is 0 Å². The highest BCUT2D eigenvalue weighted by Crippen LogP contribution is 2.30. The Bertz CT molecular complexity index is 912. The van der Waals surface area contributed by atoms with Gasteiger partial charge in [-0.3, -0.25) is 9.36 Å². The molecule has 0 saturated heterocycles. The van der Waals surface area contributed by atoms with Crippen molar-refractivity contribution < 1.29 is 9.53 Å². The van der Waals surface area contributed by atoms with Crippen LogP contribution in [0.3, 0.4) is 0 Å². The Morgan fingerprint density at radius 1 is 1.32 bits per heavy atom. The Hall–Kier alpha value is -3.09. The van der Waals surface area contributed by atoms with E-state index in [1.807, 2.05) is 28.8 Å². The molecule has 0 fully saturated rings. The van der Waals surface area contributed by atoms with Gasteiger partial charge in [0.25, 0.3) is 5.91 Å². The van der Waals surface area contributed by atoms with Crippen LogP contribution in [0.5, 0.6) is 5.75 Å². The first-order chi connectivity index (χ1) is 12.3. The van der Waals surface area contributed by atoms with Crippen LogP contribution in [-0.4, -0.2) is 25.2 Å². The fraction of sp³-hybridized carbons (Fsp3) is 0.278. The number of para-hydroxylation sites is 2. The third-order valence-corrected chi connectivity index (χ3v) is 4.25. The molecule has 1 aliphatic heterocycles. The van der Waals surface area contributed by atoms with Gasteiger partial charge >= 0.3 is 0 Å². The quantitative estimate of drug-likeness (QED) is 0.777. The molecule has 0 aliphatic carbocycles. The van der Waals surface area contributed by atoms with Crippen LogP contribution >= 0.6 is 0 Å². The second-order valence-corrected chi connectivity index (χ2v) is 5.91. The average Bonchev–Trinajstić information content (AvgIpc) is 3.26. The number of nitrogens with zero attached hydrogens (tertiary/aromatic N) is 4. The van der Waals surface area contributed by atoms with Crippen molar-refractivity contribution >= 4 is 11.7 Å². The predicted molar refractivity (Wildman–Crippen MR) is 93.0 cm³/mol. The lowest BCUT2D eigenvalue weighted by molar-refractivity contribution is 0.101. The number of anilines is 1. The Labute approximate surface area is 145 Å². The molecule has 2 aromatic heterocycles. The molecule has 25 heavy (non-hydrogen) atoms. The third kappa shape index (κ3) is 2.77. The minimum absolute atomic E-state index is 0.255. The molecule has 128 valence electrons. The van der Waals surface area contributed by atoms with Crippen molar-refractivity contribution in [2.75, 3.05) is 5.32 Å². The van der Waals surface area contributed by atoms with E-state index < -0.39 is 0 Å². The first-order valence-electron chi connectivity index (χ1n) is 8.39. The average molecular weight is 337 g/mol. The normalized spacial score (nSPS) is 12.2. The van der Waals surface area contributed by atoms with E-state index in [1.54, 1.807) is 23.3 Å². The molecule has 3 heterocycles. The molecule has 0 bridgehead atoms. The van der Waals surface area contributed by atoms with Crippen LogP contribution in [0.1, 0.15) is 35.9 Å². The maximum atomic E-state index is 12.7. The van der Waals surface area contributed by atoms with Crippen molar-refractivity contribution in [2.24, 2.45) is 0 Å². The van der Waals surface area contributed by atoms with Gasteiger partial charge in [-0.2, -0.15) is 5.10 Å². The van der Waals surface area contributed by atoms with Gasteiger partial charge in [0.05, 0.1) is 17.6 Å². The van der Waals surface area contributed by atoms with Crippen LogP contribution in [0.15, 0.2) is 42.9 Å². The number of carbonyl (C=O) groups excluding carboxylic acids is 1. The first kappa shape index (κ1) is 15.4. The van der Waals surface area contributed by atoms with Crippen LogP contribution in [0, 0.1) is 0 Å². The molecule has 3 aromatic rings. The van der Waals surface area contributed by atoms with Crippen molar-refractivity contribution in [1.29, 1.82) is 0 Å². The maximum absolute atomic E-state index is 12.7. The summed E-state index contributed by atoms with van der Waals surface area (Å²) in [5.41, 5.74) is 2.01. The highest BCUT2D eigenvalue weighted by molar-refractivity contribution is 6.03. The Kier molecular flexibility index (Phi) is 3.97. The van der Waals surface area contributed by atoms with E-state index in [9.17, 15) is 4.79 Å². The zero-order valence-corrected chi connectivity index (χ0v) is 14.0. The molecule has 1 amide bonds. The number of ether oxygens (including phenoxy) is 1. The van der Waals surface area contributed by atoms with Gasteiger partial charge in [0.2, 0.25) is 0 Å². The lowest BCUT2D eigenvalue weighted by atomic mass is 10.2.